The molecule has 2 heterocycles. The standard InChI is InChI=1S/C14H23F3N2O2/c1-11(2)8-19(9-12(3,4)21-11)10(20)13(14(15,16)17)5-6-18-7-13/h18H,5-9H2,1-4H3. The van der Waals surface area contributed by atoms with Gasteiger partial charge < -0.3 is 15.0 Å². The molecule has 1 unspecified atom stereocenters. The minimum Gasteiger partial charge on any atom is -0.366 e. The van der Waals surface area contributed by atoms with Crippen molar-refractivity contribution in [2.75, 3.05) is 26.2 Å². The van der Waals surface area contributed by atoms with Crippen LogP contribution in [0.2, 0.25) is 0 Å². The van der Waals surface area contributed by atoms with Crippen LogP contribution in [0.4, 0.5) is 13.2 Å². The molecule has 2 saturated heterocycles. The van der Waals surface area contributed by atoms with E-state index >= 15 is 0 Å². The van der Waals surface area contributed by atoms with Crippen LogP contribution in [-0.2, 0) is 9.53 Å². The van der Waals surface area contributed by atoms with Crippen LogP contribution in [-0.4, -0.2) is 54.4 Å². The van der Waals surface area contributed by atoms with E-state index in [2.05, 4.69) is 5.32 Å². The summed E-state index contributed by atoms with van der Waals surface area (Å²) in [5.41, 5.74) is -3.61. The SMILES string of the molecule is CC1(C)CN(C(=O)C2(C(F)(F)F)CCNC2)CC(C)(C)O1. The van der Waals surface area contributed by atoms with Crippen molar-refractivity contribution in [3.63, 3.8) is 0 Å². The summed E-state index contributed by atoms with van der Waals surface area (Å²) in [6, 6.07) is 0. The number of ether oxygens (including phenoxy) is 1. The number of hydrogen-bond donors (Lipinski definition) is 1. The zero-order valence-corrected chi connectivity index (χ0v) is 12.9. The third kappa shape index (κ3) is 3.04. The molecule has 2 aliphatic rings. The maximum Gasteiger partial charge on any atom is 0.404 e. The number of halogens is 3. The van der Waals surface area contributed by atoms with E-state index in [9.17, 15) is 18.0 Å². The lowest BCUT2D eigenvalue weighted by Crippen LogP contribution is -2.63. The van der Waals surface area contributed by atoms with E-state index in [4.69, 9.17) is 4.74 Å². The summed E-state index contributed by atoms with van der Waals surface area (Å²) >= 11 is 0. The maximum atomic E-state index is 13.5. The van der Waals surface area contributed by atoms with E-state index in [-0.39, 0.29) is 32.6 Å². The molecule has 0 bridgehead atoms. The second-order valence-electron chi connectivity index (χ2n) is 7.29. The molecule has 2 rings (SSSR count). The number of rotatable bonds is 1. The van der Waals surface area contributed by atoms with Gasteiger partial charge in [-0.05, 0) is 40.7 Å². The Morgan fingerprint density at radius 1 is 1.14 bits per heavy atom. The average Bonchev–Trinajstić information content (AvgIpc) is 2.72. The Morgan fingerprint density at radius 3 is 2.05 bits per heavy atom. The molecular weight excluding hydrogens is 285 g/mol. The fraction of sp³-hybridized carbons (Fsp3) is 0.929. The van der Waals surface area contributed by atoms with Crippen LogP contribution < -0.4 is 5.32 Å². The van der Waals surface area contributed by atoms with Crippen LogP contribution in [0.15, 0.2) is 0 Å². The van der Waals surface area contributed by atoms with Gasteiger partial charge in [-0.2, -0.15) is 13.2 Å². The first-order chi connectivity index (χ1) is 9.39. The first-order valence-corrected chi connectivity index (χ1v) is 7.16. The highest BCUT2D eigenvalue weighted by molar-refractivity contribution is 5.84. The number of carbonyl (C=O) groups is 1. The summed E-state index contributed by atoms with van der Waals surface area (Å²) in [4.78, 5) is 14.0. The summed E-state index contributed by atoms with van der Waals surface area (Å²) in [5, 5.41) is 2.68. The van der Waals surface area contributed by atoms with Crippen molar-refractivity contribution in [1.82, 2.24) is 10.2 Å². The van der Waals surface area contributed by atoms with Gasteiger partial charge in [0.05, 0.1) is 11.2 Å². The van der Waals surface area contributed by atoms with Crippen molar-refractivity contribution in [1.29, 1.82) is 0 Å². The molecule has 21 heavy (non-hydrogen) atoms. The van der Waals surface area contributed by atoms with Crippen molar-refractivity contribution in [2.45, 2.75) is 51.5 Å². The van der Waals surface area contributed by atoms with Gasteiger partial charge in [-0.15, -0.1) is 0 Å². The van der Waals surface area contributed by atoms with Gasteiger partial charge >= 0.3 is 6.18 Å². The van der Waals surface area contributed by atoms with Gasteiger partial charge in [0.25, 0.3) is 0 Å². The molecule has 1 atom stereocenters. The number of morpholine rings is 1. The molecule has 0 spiro atoms. The minimum absolute atomic E-state index is 0.174. The van der Waals surface area contributed by atoms with Gasteiger partial charge in [-0.1, -0.05) is 0 Å². The second kappa shape index (κ2) is 4.84. The highest BCUT2D eigenvalue weighted by Crippen LogP contribution is 2.45. The van der Waals surface area contributed by atoms with Crippen molar-refractivity contribution < 1.29 is 22.7 Å². The van der Waals surface area contributed by atoms with Gasteiger partial charge in [0.2, 0.25) is 5.91 Å². The van der Waals surface area contributed by atoms with Gasteiger partial charge in [0.1, 0.15) is 0 Å². The largest absolute Gasteiger partial charge is 0.404 e. The Hall–Kier alpha value is -0.820. The average molecular weight is 308 g/mol. The van der Waals surface area contributed by atoms with Crippen LogP contribution >= 0.6 is 0 Å². The van der Waals surface area contributed by atoms with E-state index in [1.54, 1.807) is 27.7 Å². The predicted molar refractivity (Wildman–Crippen MR) is 71.8 cm³/mol. The lowest BCUT2D eigenvalue weighted by atomic mass is 9.83. The molecule has 122 valence electrons. The number of carbonyl (C=O) groups excluding carboxylic acids is 1. The molecule has 7 heteroatoms. The summed E-state index contributed by atoms with van der Waals surface area (Å²) in [6.07, 6.45) is -4.74. The van der Waals surface area contributed by atoms with Crippen LogP contribution in [0, 0.1) is 5.41 Å². The molecule has 0 radical (unpaired) electrons. The van der Waals surface area contributed by atoms with Gasteiger partial charge in [-0.25, -0.2) is 0 Å². The molecular formula is C14H23F3N2O2. The number of amides is 1. The molecule has 2 fully saturated rings. The molecule has 1 N–H and O–H groups in total. The summed E-state index contributed by atoms with van der Waals surface area (Å²) < 4.78 is 46.3. The van der Waals surface area contributed by atoms with E-state index in [0.717, 1.165) is 0 Å². The third-order valence-corrected chi connectivity index (χ3v) is 4.09. The fourth-order valence-corrected chi connectivity index (χ4v) is 3.47. The maximum absolute atomic E-state index is 13.5. The van der Waals surface area contributed by atoms with Crippen LogP contribution in [0.5, 0.6) is 0 Å². The third-order valence-electron chi connectivity index (χ3n) is 4.09. The molecule has 2 aliphatic heterocycles. The van der Waals surface area contributed by atoms with Crippen molar-refractivity contribution in [2.24, 2.45) is 5.41 Å². The number of nitrogens with one attached hydrogen (secondary N) is 1. The second-order valence-corrected chi connectivity index (χ2v) is 7.29. The Labute approximate surface area is 123 Å². The number of hydrogen-bond acceptors (Lipinski definition) is 3. The van der Waals surface area contributed by atoms with Gasteiger partial charge in [0, 0.05) is 19.6 Å². The van der Waals surface area contributed by atoms with Gasteiger partial charge in [0.15, 0.2) is 5.41 Å². The Bertz CT molecular complexity index is 410. The van der Waals surface area contributed by atoms with E-state index < -0.39 is 28.7 Å². The Kier molecular flexibility index (Phi) is 3.82. The highest BCUT2D eigenvalue weighted by Gasteiger charge is 2.63. The molecule has 1 amide bonds. The first kappa shape index (κ1) is 16.5. The Balaban J connectivity index is 2.30. The molecule has 4 nitrogen and oxygen atoms in total. The zero-order chi connectivity index (χ0) is 16.1. The smallest absolute Gasteiger partial charge is 0.366 e. The van der Waals surface area contributed by atoms with Crippen molar-refractivity contribution in [3.8, 4) is 0 Å². The first-order valence-electron chi connectivity index (χ1n) is 7.16. The van der Waals surface area contributed by atoms with Crippen LogP contribution in [0.1, 0.15) is 34.1 Å². The summed E-state index contributed by atoms with van der Waals surface area (Å²) in [5.74, 6) is -0.829. The molecule has 0 aliphatic carbocycles. The lowest BCUT2D eigenvalue weighted by Gasteiger charge is -2.49. The molecule has 0 saturated carbocycles. The fourth-order valence-electron chi connectivity index (χ4n) is 3.47. The topological polar surface area (TPSA) is 41.6 Å². The van der Waals surface area contributed by atoms with E-state index in [1.165, 1.54) is 4.90 Å². The van der Waals surface area contributed by atoms with Crippen molar-refractivity contribution >= 4 is 5.91 Å². The van der Waals surface area contributed by atoms with E-state index in [1.807, 2.05) is 0 Å². The lowest BCUT2D eigenvalue weighted by molar-refractivity contribution is -0.233. The molecule has 0 aromatic rings. The predicted octanol–water partition coefficient (Wildman–Crippen LogP) is 1.94. The summed E-state index contributed by atoms with van der Waals surface area (Å²) in [6.45, 7) is 7.39. The van der Waals surface area contributed by atoms with Crippen LogP contribution in [0.3, 0.4) is 0 Å². The minimum atomic E-state index is -4.54. The van der Waals surface area contributed by atoms with Gasteiger partial charge in [-0.3, -0.25) is 4.79 Å². The number of alkyl halides is 3. The molecule has 0 aromatic carbocycles. The quantitative estimate of drug-likeness (QED) is 0.805. The van der Waals surface area contributed by atoms with Crippen molar-refractivity contribution in [3.05, 3.63) is 0 Å². The molecule has 0 aromatic heterocycles. The monoisotopic (exact) mass is 308 g/mol. The normalized spacial score (nSPS) is 32.2. The number of nitrogens with zero attached hydrogens (tertiary/aromatic N) is 1. The van der Waals surface area contributed by atoms with E-state index in [0.29, 0.717) is 0 Å². The zero-order valence-electron chi connectivity index (χ0n) is 12.9. The highest BCUT2D eigenvalue weighted by atomic mass is 19.4. The summed E-state index contributed by atoms with van der Waals surface area (Å²) in [7, 11) is 0. The Morgan fingerprint density at radius 2 is 1.67 bits per heavy atom. The van der Waals surface area contributed by atoms with Crippen LogP contribution in [0.25, 0.3) is 0 Å².